The van der Waals surface area contributed by atoms with Crippen molar-refractivity contribution in [2.75, 3.05) is 0 Å². The summed E-state index contributed by atoms with van der Waals surface area (Å²) in [5.74, 6) is -0.141. The van der Waals surface area contributed by atoms with Crippen LogP contribution >= 0.6 is 0 Å². The number of fused-ring (bicyclic) bond motifs is 1. The number of nitrogens with one attached hydrogen (secondary N) is 2. The minimum absolute atomic E-state index is 0.141. The number of hydrogen-bond donors (Lipinski definition) is 2. The molecule has 0 bridgehead atoms. The van der Waals surface area contributed by atoms with E-state index in [-0.39, 0.29) is 11.9 Å². The highest BCUT2D eigenvalue weighted by atomic mass is 19.1. The van der Waals surface area contributed by atoms with Crippen LogP contribution in [-0.2, 0) is 6.42 Å². The zero-order chi connectivity index (χ0) is 12.5. The quantitative estimate of drug-likeness (QED) is 0.873. The highest BCUT2D eigenvalue weighted by molar-refractivity contribution is 5.35. The monoisotopic (exact) mass is 245 g/mol. The number of aryl methyl sites for hydroxylation is 1. The van der Waals surface area contributed by atoms with Gasteiger partial charge in [-0.15, -0.1) is 0 Å². The van der Waals surface area contributed by atoms with Crippen LogP contribution in [0.5, 0.6) is 0 Å². The third-order valence-electron chi connectivity index (χ3n) is 3.65. The molecule has 0 radical (unpaired) electrons. The van der Waals surface area contributed by atoms with Crippen LogP contribution in [0.15, 0.2) is 30.6 Å². The standard InChI is InChI=1S/C14H16FN3/c1-9(11-7-16-17-8-11)18-14-5-2-10-6-12(15)3-4-13(10)14/h3-4,6-9,14,18H,2,5H2,1H3,(H,16,17). The fourth-order valence-electron chi connectivity index (χ4n) is 2.65. The molecule has 4 heteroatoms. The summed E-state index contributed by atoms with van der Waals surface area (Å²) in [4.78, 5) is 0. The van der Waals surface area contributed by atoms with Crippen LogP contribution in [0.2, 0.25) is 0 Å². The number of hydrogen-bond acceptors (Lipinski definition) is 2. The Labute approximate surface area is 105 Å². The molecule has 0 spiro atoms. The van der Waals surface area contributed by atoms with Crippen molar-refractivity contribution in [2.24, 2.45) is 0 Å². The molecule has 1 aromatic carbocycles. The van der Waals surface area contributed by atoms with Crippen molar-refractivity contribution >= 4 is 0 Å². The van der Waals surface area contributed by atoms with E-state index in [1.54, 1.807) is 12.1 Å². The largest absolute Gasteiger partial charge is 0.303 e. The van der Waals surface area contributed by atoms with Gasteiger partial charge in [-0.2, -0.15) is 5.10 Å². The van der Waals surface area contributed by atoms with Gasteiger partial charge in [0.05, 0.1) is 6.20 Å². The maximum Gasteiger partial charge on any atom is 0.123 e. The Bertz CT molecular complexity index is 536. The number of H-pyrrole nitrogens is 1. The van der Waals surface area contributed by atoms with Gasteiger partial charge in [0.15, 0.2) is 0 Å². The van der Waals surface area contributed by atoms with Gasteiger partial charge in [-0.05, 0) is 43.0 Å². The first-order valence-electron chi connectivity index (χ1n) is 6.27. The molecule has 1 aliphatic rings. The minimum Gasteiger partial charge on any atom is -0.303 e. The maximum absolute atomic E-state index is 13.1. The smallest absolute Gasteiger partial charge is 0.123 e. The van der Waals surface area contributed by atoms with E-state index in [2.05, 4.69) is 22.4 Å². The van der Waals surface area contributed by atoms with E-state index in [9.17, 15) is 4.39 Å². The predicted molar refractivity (Wildman–Crippen MR) is 67.6 cm³/mol. The molecular weight excluding hydrogens is 229 g/mol. The zero-order valence-electron chi connectivity index (χ0n) is 10.3. The molecule has 2 unspecified atom stereocenters. The number of nitrogens with zero attached hydrogens (tertiary/aromatic N) is 1. The normalized spacial score (nSPS) is 19.8. The fraction of sp³-hybridized carbons (Fsp3) is 0.357. The van der Waals surface area contributed by atoms with Crippen molar-refractivity contribution in [1.82, 2.24) is 15.5 Å². The Balaban J connectivity index is 1.77. The molecule has 0 aliphatic heterocycles. The van der Waals surface area contributed by atoms with E-state index >= 15 is 0 Å². The number of benzene rings is 1. The lowest BCUT2D eigenvalue weighted by molar-refractivity contribution is 0.465. The Kier molecular flexibility index (Phi) is 2.88. The van der Waals surface area contributed by atoms with Gasteiger partial charge in [-0.1, -0.05) is 6.07 Å². The van der Waals surface area contributed by atoms with Crippen LogP contribution in [0.1, 0.15) is 42.1 Å². The second-order valence-electron chi connectivity index (χ2n) is 4.85. The molecule has 0 saturated carbocycles. The molecule has 2 aromatic rings. The molecule has 1 aliphatic carbocycles. The molecule has 0 saturated heterocycles. The average molecular weight is 245 g/mol. The Morgan fingerprint density at radius 1 is 1.50 bits per heavy atom. The van der Waals surface area contributed by atoms with Crippen LogP contribution < -0.4 is 5.32 Å². The van der Waals surface area contributed by atoms with Gasteiger partial charge in [0.2, 0.25) is 0 Å². The van der Waals surface area contributed by atoms with Crippen LogP contribution in [0.25, 0.3) is 0 Å². The van der Waals surface area contributed by atoms with E-state index < -0.39 is 0 Å². The summed E-state index contributed by atoms with van der Waals surface area (Å²) in [5, 5.41) is 10.4. The van der Waals surface area contributed by atoms with Gasteiger partial charge >= 0.3 is 0 Å². The zero-order valence-corrected chi connectivity index (χ0v) is 10.3. The molecule has 3 nitrogen and oxygen atoms in total. The summed E-state index contributed by atoms with van der Waals surface area (Å²) in [6.45, 7) is 2.12. The van der Waals surface area contributed by atoms with Crippen LogP contribution in [0.3, 0.4) is 0 Å². The first kappa shape index (κ1) is 11.4. The minimum atomic E-state index is -0.141. The van der Waals surface area contributed by atoms with E-state index in [4.69, 9.17) is 0 Å². The molecular formula is C14H16FN3. The van der Waals surface area contributed by atoms with Gasteiger partial charge in [0.1, 0.15) is 5.82 Å². The second-order valence-corrected chi connectivity index (χ2v) is 4.85. The third kappa shape index (κ3) is 2.04. The average Bonchev–Trinajstić information content (AvgIpc) is 2.98. The Hall–Kier alpha value is -1.68. The van der Waals surface area contributed by atoms with E-state index in [0.717, 1.165) is 24.0 Å². The number of rotatable bonds is 3. The summed E-state index contributed by atoms with van der Waals surface area (Å²) in [5.41, 5.74) is 3.50. The SMILES string of the molecule is CC(NC1CCc2cc(F)ccc21)c1cn[nH]c1. The first-order chi connectivity index (χ1) is 8.74. The van der Waals surface area contributed by atoms with Gasteiger partial charge in [0.25, 0.3) is 0 Å². The predicted octanol–water partition coefficient (Wildman–Crippen LogP) is 2.89. The third-order valence-corrected chi connectivity index (χ3v) is 3.65. The molecule has 2 atom stereocenters. The van der Waals surface area contributed by atoms with Gasteiger partial charge in [-0.25, -0.2) is 4.39 Å². The lowest BCUT2D eigenvalue weighted by Crippen LogP contribution is -2.22. The van der Waals surface area contributed by atoms with Crippen molar-refractivity contribution in [3.05, 3.63) is 53.1 Å². The molecule has 3 rings (SSSR count). The van der Waals surface area contributed by atoms with Crippen LogP contribution in [0, 0.1) is 5.82 Å². The second kappa shape index (κ2) is 4.53. The number of halogens is 1. The van der Waals surface area contributed by atoms with E-state index in [1.165, 1.54) is 5.56 Å². The molecule has 18 heavy (non-hydrogen) atoms. The molecule has 94 valence electrons. The van der Waals surface area contributed by atoms with Gasteiger partial charge in [-0.3, -0.25) is 5.10 Å². The molecule has 1 heterocycles. The topological polar surface area (TPSA) is 40.7 Å². The lowest BCUT2D eigenvalue weighted by atomic mass is 10.1. The summed E-state index contributed by atoms with van der Waals surface area (Å²) >= 11 is 0. The number of aromatic nitrogens is 2. The van der Waals surface area contributed by atoms with Crippen LogP contribution in [0.4, 0.5) is 4.39 Å². The fourth-order valence-corrected chi connectivity index (χ4v) is 2.65. The maximum atomic E-state index is 13.1. The Morgan fingerprint density at radius 2 is 2.39 bits per heavy atom. The highest BCUT2D eigenvalue weighted by Crippen LogP contribution is 2.33. The van der Waals surface area contributed by atoms with Crippen LogP contribution in [-0.4, -0.2) is 10.2 Å². The molecule has 0 fully saturated rings. The van der Waals surface area contributed by atoms with Crippen molar-refractivity contribution in [1.29, 1.82) is 0 Å². The van der Waals surface area contributed by atoms with Crippen molar-refractivity contribution in [3.8, 4) is 0 Å². The summed E-state index contributed by atoms with van der Waals surface area (Å²) in [6, 6.07) is 5.65. The van der Waals surface area contributed by atoms with Gasteiger partial charge < -0.3 is 5.32 Å². The van der Waals surface area contributed by atoms with E-state index in [0.29, 0.717) is 6.04 Å². The summed E-state index contributed by atoms with van der Waals surface area (Å²) in [7, 11) is 0. The first-order valence-corrected chi connectivity index (χ1v) is 6.27. The molecule has 0 amide bonds. The van der Waals surface area contributed by atoms with E-state index in [1.807, 2.05) is 18.5 Å². The van der Waals surface area contributed by atoms with Crippen molar-refractivity contribution in [3.63, 3.8) is 0 Å². The summed E-state index contributed by atoms with van der Waals surface area (Å²) < 4.78 is 13.1. The highest BCUT2D eigenvalue weighted by Gasteiger charge is 2.24. The lowest BCUT2D eigenvalue weighted by Gasteiger charge is -2.19. The summed E-state index contributed by atoms with van der Waals surface area (Å²) in [6.07, 6.45) is 5.71. The van der Waals surface area contributed by atoms with Crippen molar-refractivity contribution < 1.29 is 4.39 Å². The van der Waals surface area contributed by atoms with Gasteiger partial charge in [0, 0.05) is 23.8 Å². The molecule has 2 N–H and O–H groups in total. The Morgan fingerprint density at radius 3 is 3.17 bits per heavy atom. The van der Waals surface area contributed by atoms with Crippen molar-refractivity contribution in [2.45, 2.75) is 31.8 Å². The molecule has 1 aromatic heterocycles. The number of aromatic amines is 1.